The topological polar surface area (TPSA) is 219 Å². The largest absolute Gasteiger partial charge is 0.378 e. The second kappa shape index (κ2) is 17.6. The van der Waals surface area contributed by atoms with Crippen LogP contribution in [0.15, 0.2) is 60.9 Å². The molecule has 4 saturated heterocycles. The van der Waals surface area contributed by atoms with E-state index in [1.807, 2.05) is 28.0 Å². The first-order valence-corrected chi connectivity index (χ1v) is 22.7. The van der Waals surface area contributed by atoms with E-state index in [9.17, 15) is 28.4 Å². The van der Waals surface area contributed by atoms with Crippen LogP contribution in [0.4, 0.5) is 36.7 Å². The van der Waals surface area contributed by atoms with E-state index in [1.54, 1.807) is 27.9 Å². The van der Waals surface area contributed by atoms with E-state index in [-0.39, 0.29) is 54.1 Å². The highest BCUT2D eigenvalue weighted by molar-refractivity contribution is 6.23. The zero-order valence-electron chi connectivity index (χ0n) is 36.7. The number of nitrogens with one attached hydrogen (secondary N) is 4. The summed E-state index contributed by atoms with van der Waals surface area (Å²) in [4.78, 5) is 95.5. The van der Waals surface area contributed by atoms with Crippen molar-refractivity contribution < 1.29 is 37.5 Å². The number of carbonyl (C=O) groups excluding carboxylic acids is 5. The maximum atomic E-state index is 15.6. The van der Waals surface area contributed by atoms with Crippen LogP contribution >= 0.6 is 0 Å². The van der Waals surface area contributed by atoms with E-state index < -0.39 is 35.5 Å². The molecule has 68 heavy (non-hydrogen) atoms. The van der Waals surface area contributed by atoms with Crippen LogP contribution < -0.4 is 25.8 Å². The predicted octanol–water partition coefficient (Wildman–Crippen LogP) is 3.64. The van der Waals surface area contributed by atoms with Crippen molar-refractivity contribution in [3.8, 4) is 5.69 Å². The molecule has 3 aromatic heterocycles. The van der Waals surface area contributed by atoms with Gasteiger partial charge in [-0.3, -0.25) is 38.9 Å². The van der Waals surface area contributed by atoms with E-state index >= 15 is 4.39 Å². The van der Waals surface area contributed by atoms with Gasteiger partial charge in [0.25, 0.3) is 11.8 Å². The molecule has 1 unspecified atom stereocenters. The first-order valence-electron chi connectivity index (χ1n) is 22.7. The number of imidazole rings is 2. The normalized spacial score (nSPS) is 19.6. The van der Waals surface area contributed by atoms with E-state index in [1.165, 1.54) is 18.2 Å². The Morgan fingerprint density at radius 1 is 0.824 bits per heavy atom. The molecular weight excluding hydrogens is 883 g/mol. The number of hydrogen-bond donors (Lipinski definition) is 4. The minimum atomic E-state index is -1.13. The van der Waals surface area contributed by atoms with Crippen LogP contribution in [0.2, 0.25) is 0 Å². The average Bonchev–Trinajstić information content (AvgIpc) is 4.04. The summed E-state index contributed by atoms with van der Waals surface area (Å²) in [6, 6.07) is 13.1. The number of ether oxygens (including phenoxy) is 1. The third-order valence-electron chi connectivity index (χ3n) is 13.4. The molecule has 350 valence electrons. The summed E-state index contributed by atoms with van der Waals surface area (Å²) < 4.78 is 37.1. The van der Waals surface area contributed by atoms with Gasteiger partial charge in [0.05, 0.1) is 53.3 Å². The van der Waals surface area contributed by atoms with Gasteiger partial charge >= 0.3 is 6.03 Å². The zero-order chi connectivity index (χ0) is 46.6. The van der Waals surface area contributed by atoms with Crippen molar-refractivity contribution in [3.05, 3.63) is 89.5 Å². The molecule has 1 atom stereocenters. The quantitative estimate of drug-likeness (QED) is 0.152. The van der Waals surface area contributed by atoms with Crippen molar-refractivity contribution in [2.75, 3.05) is 86.0 Å². The highest BCUT2D eigenvalue weighted by atomic mass is 19.1. The van der Waals surface area contributed by atoms with Gasteiger partial charge in [0.1, 0.15) is 29.8 Å². The molecule has 4 N–H and O–H groups in total. The van der Waals surface area contributed by atoms with Gasteiger partial charge in [-0.2, -0.15) is 9.97 Å². The van der Waals surface area contributed by atoms with E-state index in [4.69, 9.17) is 19.7 Å². The van der Waals surface area contributed by atoms with Gasteiger partial charge < -0.3 is 35.1 Å². The summed E-state index contributed by atoms with van der Waals surface area (Å²) in [6.45, 7) is 6.07. The van der Waals surface area contributed by atoms with E-state index in [0.29, 0.717) is 106 Å². The number of rotatable bonds is 9. The number of piperazine rings is 1. The molecule has 4 fully saturated rings. The summed E-state index contributed by atoms with van der Waals surface area (Å²) in [7, 11) is 0. The zero-order valence-corrected chi connectivity index (χ0v) is 36.7. The number of benzene rings is 3. The fourth-order valence-electron chi connectivity index (χ4n) is 9.81. The van der Waals surface area contributed by atoms with E-state index in [0.717, 1.165) is 34.8 Å². The van der Waals surface area contributed by atoms with Gasteiger partial charge in [0.2, 0.25) is 17.8 Å². The molecule has 0 aliphatic carbocycles. The van der Waals surface area contributed by atoms with Crippen molar-refractivity contribution in [2.45, 2.75) is 44.3 Å². The molecule has 8 heterocycles. The van der Waals surface area contributed by atoms with Crippen LogP contribution in [0.3, 0.4) is 0 Å². The standard InChI is InChI=1S/C46H46F2N14O6/c47-26-2-1-3-29(20-26)61-25-50-39-40(55-45(56-41(39)61)59-16-18-68-19-17-59)49-24-37-52-33-5-4-27(21-34(33)53-37)51-46(67)60-14-12-57(13-15-60)28-8-10-58(11-9-28)36-23-31-30(22-32(36)48)43(65)62(44(31)66)35-6-7-38(63)54-42(35)64/h1-5,20-23,25,28,35H,6-19,24H2,(H,51,67)(H,52,53)(H,49,55,56)(H,54,63,64). The number of anilines is 4. The fraction of sp³-hybridized carbons (Fsp3) is 0.370. The molecule has 0 spiro atoms. The summed E-state index contributed by atoms with van der Waals surface area (Å²) in [5.41, 5.74) is 3.88. The molecule has 6 aromatic rings. The highest BCUT2D eigenvalue weighted by Gasteiger charge is 2.45. The minimum absolute atomic E-state index is 0.00194. The number of fused-ring (bicyclic) bond motifs is 3. The molecule has 11 rings (SSSR count). The van der Waals surface area contributed by atoms with Gasteiger partial charge in [0.15, 0.2) is 17.0 Å². The second-order valence-corrected chi connectivity index (χ2v) is 17.5. The molecule has 22 heteroatoms. The molecular formula is C46H46F2N14O6. The third-order valence-corrected chi connectivity index (χ3v) is 13.4. The first kappa shape index (κ1) is 43.0. The lowest BCUT2D eigenvalue weighted by atomic mass is 10.0. The second-order valence-electron chi connectivity index (χ2n) is 17.5. The number of halogens is 2. The Morgan fingerprint density at radius 2 is 1.60 bits per heavy atom. The number of hydrogen-bond acceptors (Lipinski definition) is 14. The van der Waals surface area contributed by atoms with Crippen molar-refractivity contribution in [3.63, 3.8) is 0 Å². The van der Waals surface area contributed by atoms with Crippen LogP contribution in [0, 0.1) is 11.6 Å². The Morgan fingerprint density at radius 3 is 2.37 bits per heavy atom. The first-order chi connectivity index (χ1) is 33.0. The van der Waals surface area contributed by atoms with Crippen LogP contribution in [0.25, 0.3) is 27.9 Å². The number of amides is 6. The lowest BCUT2D eigenvalue weighted by Crippen LogP contribution is -2.55. The molecule has 3 aromatic carbocycles. The van der Waals surface area contributed by atoms with Gasteiger partial charge in [-0.1, -0.05) is 6.07 Å². The smallest absolute Gasteiger partial charge is 0.321 e. The van der Waals surface area contributed by atoms with Crippen molar-refractivity contribution in [1.29, 1.82) is 0 Å². The molecule has 20 nitrogen and oxygen atoms in total. The van der Waals surface area contributed by atoms with Crippen LogP contribution in [0.1, 0.15) is 52.2 Å². The van der Waals surface area contributed by atoms with Crippen molar-refractivity contribution >= 4 is 75.0 Å². The number of imide groups is 2. The monoisotopic (exact) mass is 928 g/mol. The summed E-state index contributed by atoms with van der Waals surface area (Å²) in [6.07, 6.45) is 3.09. The van der Waals surface area contributed by atoms with Crippen molar-refractivity contribution in [2.24, 2.45) is 0 Å². The highest BCUT2D eigenvalue weighted by Crippen LogP contribution is 2.35. The number of morpholine rings is 1. The average molecular weight is 929 g/mol. The minimum Gasteiger partial charge on any atom is -0.378 e. The van der Waals surface area contributed by atoms with Gasteiger partial charge in [-0.15, -0.1) is 0 Å². The number of H-pyrrole nitrogens is 1. The maximum absolute atomic E-state index is 15.6. The Hall–Kier alpha value is -7.59. The summed E-state index contributed by atoms with van der Waals surface area (Å²) >= 11 is 0. The Balaban J connectivity index is 0.690. The van der Waals surface area contributed by atoms with Crippen LogP contribution in [-0.4, -0.2) is 152 Å². The SMILES string of the molecule is O=C1CCC(N2C(=O)c3cc(F)c(N4CCC(N5CCN(C(=O)Nc6ccc7nc(CNc8nc(N9CCOCC9)nc9c8ncn9-c8cccc(F)c8)[nH]c7c6)CC5)CC4)cc3C2=O)C(=O)N1. The fourth-order valence-corrected chi connectivity index (χ4v) is 9.81. The summed E-state index contributed by atoms with van der Waals surface area (Å²) in [5, 5.41) is 8.59. The molecule has 5 aliphatic rings. The van der Waals surface area contributed by atoms with E-state index in [2.05, 4.69) is 30.8 Å². The Labute approximate surface area is 386 Å². The number of nitrogens with zero attached hydrogens (tertiary/aromatic N) is 10. The molecule has 0 bridgehead atoms. The number of aromatic amines is 1. The van der Waals surface area contributed by atoms with Crippen LogP contribution in [0.5, 0.6) is 0 Å². The van der Waals surface area contributed by atoms with Gasteiger partial charge in [-0.05, 0) is 67.8 Å². The number of urea groups is 1. The molecule has 0 radical (unpaired) electrons. The van der Waals surface area contributed by atoms with Crippen LogP contribution in [-0.2, 0) is 20.9 Å². The third kappa shape index (κ3) is 8.07. The van der Waals surface area contributed by atoms with Crippen molar-refractivity contribution in [1.82, 2.24) is 49.5 Å². The lowest BCUT2D eigenvalue weighted by molar-refractivity contribution is -0.136. The van der Waals surface area contributed by atoms with Gasteiger partial charge in [-0.25, -0.2) is 23.5 Å². The molecule has 5 aliphatic heterocycles. The summed E-state index contributed by atoms with van der Waals surface area (Å²) in [5.74, 6) is -1.96. The number of carbonyl (C=O) groups is 5. The predicted molar refractivity (Wildman–Crippen MR) is 244 cm³/mol. The van der Waals surface area contributed by atoms with Gasteiger partial charge in [0, 0.05) is 70.5 Å². The number of piperidine rings is 2. The molecule has 0 saturated carbocycles. The molecule has 6 amide bonds. The number of aromatic nitrogens is 6. The lowest BCUT2D eigenvalue weighted by Gasteiger charge is -2.43. The Bertz CT molecular complexity index is 3010. The maximum Gasteiger partial charge on any atom is 0.321 e. The Kier molecular flexibility index (Phi) is 11.1.